The second-order valence-corrected chi connectivity index (χ2v) is 7.34. The van der Waals surface area contributed by atoms with Crippen molar-refractivity contribution in [3.05, 3.63) is 11.6 Å². The molecule has 0 unspecified atom stereocenters. The Morgan fingerprint density at radius 3 is 2.48 bits per heavy atom. The van der Waals surface area contributed by atoms with E-state index in [1.807, 2.05) is 34.6 Å². The Bertz CT molecular complexity index is 430. The van der Waals surface area contributed by atoms with Crippen LogP contribution in [-0.2, 0) is 14.4 Å². The van der Waals surface area contributed by atoms with E-state index in [2.05, 4.69) is 25.1 Å². The molecule has 0 N–H and O–H groups in total. The molecular formula is C17H29NO3. The van der Waals surface area contributed by atoms with Crippen LogP contribution in [0.5, 0.6) is 0 Å². The van der Waals surface area contributed by atoms with Gasteiger partial charge in [0, 0.05) is 0 Å². The van der Waals surface area contributed by atoms with Crippen molar-refractivity contribution in [2.75, 3.05) is 6.61 Å². The molecule has 0 amide bonds. The first kappa shape index (κ1) is 17.7. The largest absolute Gasteiger partial charge is 0.460 e. The van der Waals surface area contributed by atoms with E-state index in [4.69, 9.17) is 9.57 Å². The van der Waals surface area contributed by atoms with Gasteiger partial charge in [0.2, 0.25) is 0 Å². The molecule has 0 saturated heterocycles. The van der Waals surface area contributed by atoms with Crippen molar-refractivity contribution in [2.24, 2.45) is 22.4 Å². The average molecular weight is 295 g/mol. The van der Waals surface area contributed by atoms with Crippen molar-refractivity contribution < 1.29 is 14.4 Å². The zero-order valence-corrected chi connectivity index (χ0v) is 14.4. The molecule has 0 heterocycles. The standard InChI is InChI=1S/C17H29NO3/c1-8-9-20-18-11-12(2)10-13-14(17(13,6)7)15(19)21-16(3,4)5/h10-11,13-14H,8-9H2,1-7H3/b12-10?,18-11+/t13-,14+/m1/s1. The molecule has 2 atom stereocenters. The van der Waals surface area contributed by atoms with E-state index in [1.165, 1.54) is 0 Å². The van der Waals surface area contributed by atoms with E-state index in [0.717, 1.165) is 12.0 Å². The number of carbonyl (C=O) groups excluding carboxylic acids is 1. The highest BCUT2D eigenvalue weighted by Gasteiger charge is 2.61. The molecule has 1 aliphatic rings. The van der Waals surface area contributed by atoms with E-state index in [9.17, 15) is 4.79 Å². The molecule has 0 aromatic carbocycles. The molecule has 0 aromatic rings. The Morgan fingerprint density at radius 1 is 1.33 bits per heavy atom. The van der Waals surface area contributed by atoms with Crippen molar-refractivity contribution in [2.45, 2.75) is 60.5 Å². The highest BCUT2D eigenvalue weighted by atomic mass is 16.6. The summed E-state index contributed by atoms with van der Waals surface area (Å²) in [5.74, 6) is 0.0160. The minimum Gasteiger partial charge on any atom is -0.460 e. The first-order valence-electron chi connectivity index (χ1n) is 7.66. The molecule has 4 nitrogen and oxygen atoms in total. The Balaban J connectivity index is 2.63. The van der Waals surface area contributed by atoms with Gasteiger partial charge < -0.3 is 9.57 Å². The van der Waals surface area contributed by atoms with Crippen molar-refractivity contribution in [1.82, 2.24) is 0 Å². The van der Waals surface area contributed by atoms with Gasteiger partial charge in [0.25, 0.3) is 0 Å². The van der Waals surface area contributed by atoms with E-state index in [1.54, 1.807) is 6.21 Å². The molecule has 21 heavy (non-hydrogen) atoms. The third-order valence-corrected chi connectivity index (χ3v) is 3.64. The van der Waals surface area contributed by atoms with Crippen LogP contribution >= 0.6 is 0 Å². The van der Waals surface area contributed by atoms with Gasteiger partial charge >= 0.3 is 5.97 Å². The molecule has 0 aromatic heterocycles. The number of nitrogens with zero attached hydrogens (tertiary/aromatic N) is 1. The highest BCUT2D eigenvalue weighted by Crippen LogP contribution is 2.60. The summed E-state index contributed by atoms with van der Waals surface area (Å²) in [5, 5.41) is 3.91. The van der Waals surface area contributed by atoms with Crippen LogP contribution in [0.3, 0.4) is 0 Å². The summed E-state index contributed by atoms with van der Waals surface area (Å²) in [4.78, 5) is 17.3. The van der Waals surface area contributed by atoms with Crippen LogP contribution in [0.15, 0.2) is 16.8 Å². The fraction of sp³-hybridized carbons (Fsp3) is 0.765. The molecular weight excluding hydrogens is 266 g/mol. The SMILES string of the molecule is CCCO/N=C/C(C)=C[C@@H]1[C@@H](C(=O)OC(C)(C)C)C1(C)C. The second-order valence-electron chi connectivity index (χ2n) is 7.34. The number of oxime groups is 1. The van der Waals surface area contributed by atoms with Gasteiger partial charge in [-0.1, -0.05) is 32.0 Å². The Hall–Kier alpha value is -1.32. The summed E-state index contributed by atoms with van der Waals surface area (Å²) in [6.07, 6.45) is 4.74. The maximum atomic E-state index is 12.2. The van der Waals surface area contributed by atoms with E-state index >= 15 is 0 Å². The third kappa shape index (κ3) is 5.18. The van der Waals surface area contributed by atoms with Gasteiger partial charge in [-0.05, 0) is 51.0 Å². The number of hydrogen-bond acceptors (Lipinski definition) is 4. The fourth-order valence-electron chi connectivity index (χ4n) is 2.39. The third-order valence-electron chi connectivity index (χ3n) is 3.64. The quantitative estimate of drug-likeness (QED) is 0.322. The van der Waals surface area contributed by atoms with E-state index < -0.39 is 5.60 Å². The minimum absolute atomic E-state index is 0.0539. The number of ether oxygens (including phenoxy) is 1. The van der Waals surface area contributed by atoms with Gasteiger partial charge in [-0.2, -0.15) is 0 Å². The van der Waals surface area contributed by atoms with Crippen molar-refractivity contribution in [1.29, 1.82) is 0 Å². The Morgan fingerprint density at radius 2 is 1.95 bits per heavy atom. The molecule has 0 bridgehead atoms. The van der Waals surface area contributed by atoms with Crippen LogP contribution in [0.4, 0.5) is 0 Å². The molecule has 0 radical (unpaired) electrons. The number of allylic oxidation sites excluding steroid dienone is 2. The van der Waals surface area contributed by atoms with Gasteiger partial charge in [0.15, 0.2) is 0 Å². The van der Waals surface area contributed by atoms with Crippen LogP contribution < -0.4 is 0 Å². The van der Waals surface area contributed by atoms with Crippen LogP contribution in [-0.4, -0.2) is 24.4 Å². The van der Waals surface area contributed by atoms with Gasteiger partial charge in [0.05, 0.1) is 12.1 Å². The summed E-state index contributed by atoms with van der Waals surface area (Å²) < 4.78 is 5.50. The number of hydrogen-bond donors (Lipinski definition) is 0. The lowest BCUT2D eigenvalue weighted by Crippen LogP contribution is -2.26. The molecule has 0 spiro atoms. The Kier molecular flexibility index (Phi) is 5.60. The summed E-state index contributed by atoms with van der Waals surface area (Å²) in [5.41, 5.74) is 0.520. The zero-order valence-electron chi connectivity index (χ0n) is 14.4. The van der Waals surface area contributed by atoms with Crippen molar-refractivity contribution in [3.8, 4) is 0 Å². The van der Waals surface area contributed by atoms with Gasteiger partial charge in [0.1, 0.15) is 12.2 Å². The summed E-state index contributed by atoms with van der Waals surface area (Å²) in [7, 11) is 0. The molecule has 0 aliphatic heterocycles. The van der Waals surface area contributed by atoms with Crippen LogP contribution in [0, 0.1) is 17.3 Å². The predicted octanol–water partition coefficient (Wildman–Crippen LogP) is 3.96. The van der Waals surface area contributed by atoms with Crippen molar-refractivity contribution >= 4 is 12.2 Å². The predicted molar refractivity (Wildman–Crippen MR) is 85.1 cm³/mol. The molecule has 4 heteroatoms. The smallest absolute Gasteiger partial charge is 0.310 e. The fourth-order valence-corrected chi connectivity index (χ4v) is 2.39. The lowest BCUT2D eigenvalue weighted by Gasteiger charge is -2.19. The maximum absolute atomic E-state index is 12.2. The number of esters is 1. The minimum atomic E-state index is -0.436. The average Bonchev–Trinajstić information content (AvgIpc) is 2.84. The van der Waals surface area contributed by atoms with Gasteiger partial charge in [-0.25, -0.2) is 0 Å². The summed E-state index contributed by atoms with van der Waals surface area (Å²) in [6.45, 7) is 14.5. The topological polar surface area (TPSA) is 47.9 Å². The van der Waals surface area contributed by atoms with Crippen molar-refractivity contribution in [3.63, 3.8) is 0 Å². The molecule has 120 valence electrons. The number of carbonyl (C=O) groups is 1. The molecule has 1 fully saturated rings. The summed E-state index contributed by atoms with van der Waals surface area (Å²) in [6, 6.07) is 0. The normalized spacial score (nSPS) is 25.0. The lowest BCUT2D eigenvalue weighted by molar-refractivity contribution is -0.157. The van der Waals surface area contributed by atoms with Gasteiger partial charge in [-0.3, -0.25) is 4.79 Å². The maximum Gasteiger partial charge on any atom is 0.310 e. The molecule has 1 aliphatic carbocycles. The molecule has 1 rings (SSSR count). The molecule has 1 saturated carbocycles. The van der Waals surface area contributed by atoms with Crippen LogP contribution in [0.1, 0.15) is 54.9 Å². The Labute approximate surface area is 128 Å². The summed E-state index contributed by atoms with van der Waals surface area (Å²) >= 11 is 0. The number of rotatable bonds is 6. The highest BCUT2D eigenvalue weighted by molar-refractivity contribution is 5.81. The lowest BCUT2D eigenvalue weighted by atomic mass is 10.1. The first-order valence-corrected chi connectivity index (χ1v) is 7.66. The van der Waals surface area contributed by atoms with Crippen LogP contribution in [0.25, 0.3) is 0 Å². The second kappa shape index (κ2) is 6.63. The zero-order chi connectivity index (χ0) is 16.3. The van der Waals surface area contributed by atoms with Gasteiger partial charge in [-0.15, -0.1) is 0 Å². The van der Waals surface area contributed by atoms with E-state index in [0.29, 0.717) is 6.61 Å². The first-order chi connectivity index (χ1) is 9.59. The van der Waals surface area contributed by atoms with E-state index in [-0.39, 0.29) is 23.2 Å². The van der Waals surface area contributed by atoms with Crippen LogP contribution in [0.2, 0.25) is 0 Å². The monoisotopic (exact) mass is 295 g/mol.